The van der Waals surface area contributed by atoms with Crippen molar-refractivity contribution >= 4 is 41.0 Å². The van der Waals surface area contributed by atoms with Crippen molar-refractivity contribution in [2.24, 2.45) is 5.92 Å². The third-order valence-electron chi connectivity index (χ3n) is 11.6. The first-order valence-corrected chi connectivity index (χ1v) is 20.9. The number of fused-ring (bicyclic) bond motifs is 2. The molecule has 2 heterocycles. The number of ether oxygens (including phenoxy) is 3. The fourth-order valence-corrected chi connectivity index (χ4v) is 8.53. The number of carboxylic acid groups (broad SMARTS) is 1. The second-order valence-corrected chi connectivity index (χ2v) is 16.4. The van der Waals surface area contributed by atoms with Crippen molar-refractivity contribution in [2.75, 3.05) is 6.61 Å². The minimum absolute atomic E-state index is 0.0585. The summed E-state index contributed by atoms with van der Waals surface area (Å²) >= 11 is 12.2. The second-order valence-electron chi connectivity index (χ2n) is 15.6. The van der Waals surface area contributed by atoms with Crippen LogP contribution < -0.4 is 19.5 Å². The number of halogens is 2. The van der Waals surface area contributed by atoms with Gasteiger partial charge in [0.05, 0.1) is 21.7 Å². The number of aliphatic carboxylic acids is 1. The lowest BCUT2D eigenvalue weighted by molar-refractivity contribution is -0.147. The Hall–Kier alpha value is -6.02. The summed E-state index contributed by atoms with van der Waals surface area (Å²) in [6.07, 6.45) is 4.37. The summed E-state index contributed by atoms with van der Waals surface area (Å²) in [7, 11) is 0. The molecule has 3 atom stereocenters. The van der Waals surface area contributed by atoms with Crippen LogP contribution in [-0.4, -0.2) is 46.5 Å². The lowest BCUT2D eigenvalue weighted by Gasteiger charge is -2.39. The Morgan fingerprint density at radius 1 is 0.833 bits per heavy atom. The van der Waals surface area contributed by atoms with Gasteiger partial charge in [-0.2, -0.15) is 5.26 Å². The molecule has 10 nitrogen and oxygen atoms in total. The number of carboxylic acids is 1. The number of carbonyl (C=O) groups excluding carboxylic acids is 2. The van der Waals surface area contributed by atoms with E-state index < -0.39 is 24.0 Å². The van der Waals surface area contributed by atoms with E-state index in [1.807, 2.05) is 78.9 Å². The van der Waals surface area contributed by atoms with E-state index >= 15 is 0 Å². The lowest BCUT2D eigenvalue weighted by atomic mass is 9.85. The average Bonchev–Trinajstić information content (AvgIpc) is 3.28. The fourth-order valence-electron chi connectivity index (χ4n) is 8.21. The summed E-state index contributed by atoms with van der Waals surface area (Å²) in [5.41, 5.74) is 6.64. The molecule has 0 radical (unpaired) electrons. The number of nitriles is 1. The van der Waals surface area contributed by atoms with E-state index in [1.54, 1.807) is 29.2 Å². The SMILES string of the molecule is N#Cc1ccc(-c2ccc(CC(NC(=O)C3Cc4cc5c(cc4CN3C(=O)C3CCCCC3)OC(c3ccc(OCc4ccc(Cl)c(Cl)c4)cc3)CO5)C(=O)O)cc2)cc1. The van der Waals surface area contributed by atoms with Crippen LogP contribution in [0.15, 0.2) is 103 Å². The van der Waals surface area contributed by atoms with Crippen LogP contribution in [0.1, 0.15) is 71.6 Å². The molecule has 2 aliphatic heterocycles. The highest BCUT2D eigenvalue weighted by molar-refractivity contribution is 6.42. The highest BCUT2D eigenvalue weighted by atomic mass is 35.5. The first kappa shape index (κ1) is 40.7. The van der Waals surface area contributed by atoms with Gasteiger partial charge in [-0.05, 0) is 100 Å². The van der Waals surface area contributed by atoms with Gasteiger partial charge in [0, 0.05) is 25.3 Å². The van der Waals surface area contributed by atoms with Crippen LogP contribution in [0, 0.1) is 17.2 Å². The van der Waals surface area contributed by atoms with E-state index in [0.29, 0.717) is 39.5 Å². The molecule has 12 heteroatoms. The largest absolute Gasteiger partial charge is 0.489 e. The molecule has 1 aliphatic carbocycles. The van der Waals surface area contributed by atoms with Crippen molar-refractivity contribution in [1.29, 1.82) is 5.26 Å². The van der Waals surface area contributed by atoms with Crippen molar-refractivity contribution in [2.45, 2.75) is 76.3 Å². The van der Waals surface area contributed by atoms with Crippen LogP contribution in [0.25, 0.3) is 11.1 Å². The zero-order chi connectivity index (χ0) is 41.8. The molecule has 2 N–H and O–H groups in total. The van der Waals surface area contributed by atoms with Gasteiger partial charge in [0.2, 0.25) is 11.8 Å². The van der Waals surface area contributed by atoms with Gasteiger partial charge >= 0.3 is 5.97 Å². The molecule has 0 saturated heterocycles. The number of benzene rings is 5. The molecule has 3 aliphatic rings. The quantitative estimate of drug-likeness (QED) is 0.134. The maximum atomic E-state index is 14.2. The van der Waals surface area contributed by atoms with Crippen LogP contribution in [0.4, 0.5) is 0 Å². The van der Waals surface area contributed by atoms with Gasteiger partial charge in [-0.25, -0.2) is 4.79 Å². The second kappa shape index (κ2) is 18.1. The summed E-state index contributed by atoms with van der Waals surface area (Å²) in [6, 6.07) is 31.5. The number of amides is 2. The predicted octanol–water partition coefficient (Wildman–Crippen LogP) is 9.27. The molecule has 0 aromatic heterocycles. The maximum Gasteiger partial charge on any atom is 0.326 e. The summed E-state index contributed by atoms with van der Waals surface area (Å²) in [5, 5.41) is 23.1. The lowest BCUT2D eigenvalue weighted by Crippen LogP contribution is -2.57. The van der Waals surface area contributed by atoms with Gasteiger partial charge in [0.15, 0.2) is 17.6 Å². The molecule has 306 valence electrons. The van der Waals surface area contributed by atoms with Crippen LogP contribution in [-0.2, 0) is 40.4 Å². The van der Waals surface area contributed by atoms with Crippen molar-refractivity contribution < 1.29 is 33.7 Å². The van der Waals surface area contributed by atoms with E-state index in [0.717, 1.165) is 71.0 Å². The van der Waals surface area contributed by atoms with Crippen molar-refractivity contribution in [3.8, 4) is 34.4 Å². The van der Waals surface area contributed by atoms with E-state index in [4.69, 9.17) is 42.7 Å². The number of nitrogens with one attached hydrogen (secondary N) is 1. The molecule has 5 aromatic carbocycles. The zero-order valence-electron chi connectivity index (χ0n) is 32.7. The highest BCUT2D eigenvalue weighted by Gasteiger charge is 2.40. The van der Waals surface area contributed by atoms with Crippen LogP contribution in [0.5, 0.6) is 17.2 Å². The zero-order valence-corrected chi connectivity index (χ0v) is 34.3. The summed E-state index contributed by atoms with van der Waals surface area (Å²) in [4.78, 5) is 42.6. The molecule has 60 heavy (non-hydrogen) atoms. The monoisotopic (exact) mass is 843 g/mol. The molecule has 3 unspecified atom stereocenters. The van der Waals surface area contributed by atoms with Crippen LogP contribution in [0.3, 0.4) is 0 Å². The molecule has 8 rings (SSSR count). The Balaban J connectivity index is 0.965. The Kier molecular flexibility index (Phi) is 12.3. The van der Waals surface area contributed by atoms with E-state index in [2.05, 4.69) is 11.4 Å². The molecule has 1 saturated carbocycles. The highest BCUT2D eigenvalue weighted by Crippen LogP contribution is 2.41. The number of hydrogen-bond acceptors (Lipinski definition) is 7. The molecular formula is C48H43Cl2N3O7. The standard InChI is InChI=1S/C48H43Cl2N3O7/c49-39-19-10-31(20-40(39)50)27-58-38-17-15-34(16-18-38)45-28-59-43-23-36-22-42(53(26-37(36)24-44(43)60-45)47(55)35-4-2-1-3-5-35)46(54)52-41(48(56)57)21-29-6-11-32(12-7-29)33-13-8-30(25-51)9-14-33/h6-20,23-24,35,41-42,45H,1-5,21-22,26-28H2,(H,52,54)(H,56,57). The minimum Gasteiger partial charge on any atom is -0.489 e. The first-order chi connectivity index (χ1) is 29.1. The first-order valence-electron chi connectivity index (χ1n) is 20.2. The van der Waals surface area contributed by atoms with Crippen molar-refractivity contribution in [3.63, 3.8) is 0 Å². The Morgan fingerprint density at radius 2 is 1.52 bits per heavy atom. The van der Waals surface area contributed by atoms with Crippen LogP contribution >= 0.6 is 23.2 Å². The fraction of sp³-hybridized carbons (Fsp3) is 0.292. The number of rotatable bonds is 11. The van der Waals surface area contributed by atoms with E-state index in [9.17, 15) is 19.5 Å². The summed E-state index contributed by atoms with van der Waals surface area (Å²) in [6.45, 7) is 0.779. The van der Waals surface area contributed by atoms with Gasteiger partial charge in [0.1, 0.15) is 31.0 Å². The molecular weight excluding hydrogens is 801 g/mol. The number of nitrogens with zero attached hydrogens (tertiary/aromatic N) is 2. The molecule has 2 amide bonds. The average molecular weight is 845 g/mol. The number of carbonyl (C=O) groups is 3. The van der Waals surface area contributed by atoms with Gasteiger partial charge in [-0.1, -0.05) is 97.1 Å². The Labute approximate surface area is 358 Å². The van der Waals surface area contributed by atoms with Gasteiger partial charge in [-0.3, -0.25) is 9.59 Å². The summed E-state index contributed by atoms with van der Waals surface area (Å²) < 4.78 is 18.7. The van der Waals surface area contributed by atoms with Gasteiger partial charge in [-0.15, -0.1) is 0 Å². The van der Waals surface area contributed by atoms with Gasteiger partial charge in [0.25, 0.3) is 0 Å². The molecule has 0 spiro atoms. The Morgan fingerprint density at radius 3 is 2.20 bits per heavy atom. The Bertz CT molecular complexity index is 2430. The third-order valence-corrected chi connectivity index (χ3v) is 12.3. The van der Waals surface area contributed by atoms with Crippen LogP contribution in [0.2, 0.25) is 10.0 Å². The predicted molar refractivity (Wildman–Crippen MR) is 227 cm³/mol. The van der Waals surface area contributed by atoms with E-state index in [1.165, 1.54) is 0 Å². The smallest absolute Gasteiger partial charge is 0.326 e. The maximum absolute atomic E-state index is 14.2. The molecule has 0 bridgehead atoms. The normalized spacial score (nSPS) is 17.8. The van der Waals surface area contributed by atoms with Crippen molar-refractivity contribution in [3.05, 3.63) is 147 Å². The third kappa shape index (κ3) is 9.23. The summed E-state index contributed by atoms with van der Waals surface area (Å²) in [5.74, 6) is -0.175. The van der Waals surface area contributed by atoms with Crippen molar-refractivity contribution in [1.82, 2.24) is 10.2 Å². The van der Waals surface area contributed by atoms with Gasteiger partial charge < -0.3 is 29.5 Å². The topological polar surface area (TPSA) is 138 Å². The number of hydrogen-bond donors (Lipinski definition) is 2. The molecule has 1 fully saturated rings. The molecule has 5 aromatic rings. The van der Waals surface area contributed by atoms with E-state index in [-0.39, 0.29) is 43.9 Å². The minimum atomic E-state index is -1.22.